The van der Waals surface area contributed by atoms with E-state index in [9.17, 15) is 14.4 Å². The second-order valence-corrected chi connectivity index (χ2v) is 8.16. The second-order valence-electron chi connectivity index (χ2n) is 7.08. The van der Waals surface area contributed by atoms with Gasteiger partial charge in [-0.15, -0.1) is 11.3 Å². The van der Waals surface area contributed by atoms with Gasteiger partial charge in [0.1, 0.15) is 5.69 Å². The smallest absolute Gasteiger partial charge is 0.274 e. The third-order valence-corrected chi connectivity index (χ3v) is 6.38. The molecule has 2 amide bonds. The van der Waals surface area contributed by atoms with Gasteiger partial charge < -0.3 is 9.80 Å². The highest BCUT2D eigenvalue weighted by molar-refractivity contribution is 7.15. The van der Waals surface area contributed by atoms with Crippen LogP contribution in [0.4, 0.5) is 0 Å². The van der Waals surface area contributed by atoms with Crippen molar-refractivity contribution in [3.63, 3.8) is 0 Å². The van der Waals surface area contributed by atoms with Gasteiger partial charge in [0.05, 0.1) is 16.0 Å². The molecule has 2 aromatic rings. The molecule has 3 aliphatic heterocycles. The summed E-state index contributed by atoms with van der Waals surface area (Å²) in [6, 6.07) is 3.42. The normalized spacial score (nSPS) is 21.8. The van der Waals surface area contributed by atoms with Gasteiger partial charge in [0.2, 0.25) is 0 Å². The van der Waals surface area contributed by atoms with Crippen LogP contribution < -0.4 is 0 Å². The second kappa shape index (κ2) is 7.19. The maximum absolute atomic E-state index is 13.0. The van der Waals surface area contributed by atoms with Gasteiger partial charge in [-0.25, -0.2) is 4.98 Å². The summed E-state index contributed by atoms with van der Waals surface area (Å²) in [5.74, 6) is 0.0398. The Morgan fingerprint density at radius 2 is 1.85 bits per heavy atom. The van der Waals surface area contributed by atoms with Crippen LogP contribution >= 0.6 is 11.3 Å². The molecule has 2 atom stereocenters. The van der Waals surface area contributed by atoms with E-state index >= 15 is 0 Å². The lowest BCUT2D eigenvalue weighted by Crippen LogP contribution is -2.47. The van der Waals surface area contributed by atoms with E-state index in [2.05, 4.69) is 9.97 Å². The largest absolute Gasteiger partial charge is 0.335 e. The molecule has 0 N–H and O–H groups in total. The van der Waals surface area contributed by atoms with Crippen LogP contribution in [0.1, 0.15) is 49.6 Å². The SMILES string of the molecule is CC(=O)c1ccc(C(=O)N2C[C@H]3CC[C@@H]2CN(C(=O)c2cnccn2)C3)s1. The molecule has 5 heterocycles. The van der Waals surface area contributed by atoms with Gasteiger partial charge in [0.15, 0.2) is 5.78 Å². The van der Waals surface area contributed by atoms with Gasteiger partial charge in [-0.05, 0) is 37.8 Å². The summed E-state index contributed by atoms with van der Waals surface area (Å²) in [6.45, 7) is 3.27. The lowest BCUT2D eigenvalue weighted by atomic mass is 9.95. The van der Waals surface area contributed by atoms with Gasteiger partial charge in [0.25, 0.3) is 11.8 Å². The summed E-state index contributed by atoms with van der Waals surface area (Å²) in [4.78, 5) is 50.3. The summed E-state index contributed by atoms with van der Waals surface area (Å²) in [7, 11) is 0. The van der Waals surface area contributed by atoms with Gasteiger partial charge in [-0.2, -0.15) is 0 Å². The molecule has 140 valence electrons. The van der Waals surface area contributed by atoms with Crippen molar-refractivity contribution >= 4 is 28.9 Å². The highest BCUT2D eigenvalue weighted by atomic mass is 32.1. The molecule has 2 aromatic heterocycles. The first-order valence-electron chi connectivity index (χ1n) is 9.00. The summed E-state index contributed by atoms with van der Waals surface area (Å²) < 4.78 is 0. The van der Waals surface area contributed by atoms with Crippen molar-refractivity contribution in [2.45, 2.75) is 25.8 Å². The lowest BCUT2D eigenvalue weighted by Gasteiger charge is -2.35. The number of amides is 2. The van der Waals surface area contributed by atoms with Crippen molar-refractivity contribution in [2.24, 2.45) is 5.92 Å². The zero-order chi connectivity index (χ0) is 19.0. The standard InChI is InChI=1S/C19H20N4O3S/c1-12(24)16-4-5-17(27-16)19(26)23-10-13-2-3-14(23)11-22(9-13)18(25)15-8-20-6-7-21-15/h4-8,13-14H,2-3,9-11H2,1H3/t13-,14+/m0/s1. The summed E-state index contributed by atoms with van der Waals surface area (Å²) >= 11 is 1.24. The minimum absolute atomic E-state index is 0.0141. The van der Waals surface area contributed by atoms with Crippen LogP contribution in [-0.2, 0) is 0 Å². The molecule has 3 aliphatic rings. The number of ketones is 1. The lowest BCUT2D eigenvalue weighted by molar-refractivity contribution is 0.0578. The zero-order valence-corrected chi connectivity index (χ0v) is 15.8. The fraction of sp³-hybridized carbons (Fsp3) is 0.421. The topological polar surface area (TPSA) is 83.5 Å². The number of aromatic nitrogens is 2. The molecule has 0 aliphatic carbocycles. The van der Waals surface area contributed by atoms with E-state index < -0.39 is 0 Å². The number of hydrogen-bond acceptors (Lipinski definition) is 6. The van der Waals surface area contributed by atoms with Gasteiger partial charge in [-0.1, -0.05) is 0 Å². The number of thiophene rings is 1. The van der Waals surface area contributed by atoms with Crippen LogP contribution in [0.15, 0.2) is 30.7 Å². The molecule has 3 saturated heterocycles. The molecule has 0 saturated carbocycles. The number of fused-ring (bicyclic) bond motifs is 4. The Labute approximate surface area is 161 Å². The number of piperidine rings is 1. The molecule has 0 spiro atoms. The molecule has 3 fully saturated rings. The fourth-order valence-corrected chi connectivity index (χ4v) is 4.71. The fourth-order valence-electron chi connectivity index (χ4n) is 3.85. The number of carbonyl (C=O) groups excluding carboxylic acids is 3. The highest BCUT2D eigenvalue weighted by Crippen LogP contribution is 2.31. The first kappa shape index (κ1) is 17.8. The van der Waals surface area contributed by atoms with Crippen molar-refractivity contribution in [2.75, 3.05) is 19.6 Å². The predicted molar refractivity (Wildman–Crippen MR) is 99.8 cm³/mol. The Morgan fingerprint density at radius 3 is 2.56 bits per heavy atom. The predicted octanol–water partition coefficient (Wildman–Crippen LogP) is 2.12. The first-order valence-corrected chi connectivity index (χ1v) is 9.81. The maximum Gasteiger partial charge on any atom is 0.274 e. The maximum atomic E-state index is 13.0. The van der Waals surface area contributed by atoms with Crippen molar-refractivity contribution in [3.05, 3.63) is 46.2 Å². The molecule has 0 radical (unpaired) electrons. The minimum atomic E-state index is -0.135. The number of hydrogen-bond donors (Lipinski definition) is 0. The quantitative estimate of drug-likeness (QED) is 0.757. The van der Waals surface area contributed by atoms with Gasteiger partial charge in [-0.3, -0.25) is 19.4 Å². The Kier molecular flexibility index (Phi) is 4.73. The molecule has 0 aromatic carbocycles. The van der Waals surface area contributed by atoms with E-state index in [1.807, 2.05) is 4.90 Å². The summed E-state index contributed by atoms with van der Waals surface area (Å²) in [5, 5.41) is 0. The van der Waals surface area contributed by atoms with Crippen LogP contribution in [0.2, 0.25) is 0 Å². The molecule has 5 rings (SSSR count). The molecule has 7 nitrogen and oxygen atoms in total. The third kappa shape index (κ3) is 3.49. The van der Waals surface area contributed by atoms with Crippen LogP contribution in [0.3, 0.4) is 0 Å². The van der Waals surface area contributed by atoms with Crippen LogP contribution in [0, 0.1) is 5.92 Å². The van der Waals surface area contributed by atoms with E-state index in [-0.39, 0.29) is 29.6 Å². The minimum Gasteiger partial charge on any atom is -0.335 e. The van der Waals surface area contributed by atoms with Crippen molar-refractivity contribution in [3.8, 4) is 0 Å². The van der Waals surface area contributed by atoms with Crippen molar-refractivity contribution < 1.29 is 14.4 Å². The number of rotatable bonds is 3. The average molecular weight is 384 g/mol. The first-order chi connectivity index (χ1) is 13.0. The molecule has 0 unspecified atom stereocenters. The third-order valence-electron chi connectivity index (χ3n) is 5.21. The molecular weight excluding hydrogens is 364 g/mol. The van der Waals surface area contributed by atoms with Crippen LogP contribution in [-0.4, -0.2) is 63.0 Å². The highest BCUT2D eigenvalue weighted by Gasteiger charge is 2.39. The van der Waals surface area contributed by atoms with Crippen molar-refractivity contribution in [1.29, 1.82) is 0 Å². The molecule has 2 bridgehead atoms. The van der Waals surface area contributed by atoms with Crippen molar-refractivity contribution in [1.82, 2.24) is 19.8 Å². The number of carbonyl (C=O) groups is 3. The molecular formula is C19H20N4O3S. The number of nitrogens with zero attached hydrogens (tertiary/aromatic N) is 4. The van der Waals surface area contributed by atoms with Gasteiger partial charge in [0, 0.05) is 38.1 Å². The zero-order valence-electron chi connectivity index (χ0n) is 15.0. The molecule has 27 heavy (non-hydrogen) atoms. The number of Topliss-reactive ketones (excluding diaryl/α,β-unsaturated/α-hetero) is 1. The van der Waals surface area contributed by atoms with E-state index in [4.69, 9.17) is 0 Å². The Morgan fingerprint density at radius 1 is 1.04 bits per heavy atom. The van der Waals surface area contributed by atoms with Crippen LogP contribution in [0.25, 0.3) is 0 Å². The van der Waals surface area contributed by atoms with Crippen LogP contribution in [0.5, 0.6) is 0 Å². The van der Waals surface area contributed by atoms with E-state index in [1.165, 1.54) is 30.7 Å². The summed E-state index contributed by atoms with van der Waals surface area (Å²) in [5.41, 5.74) is 0.334. The van der Waals surface area contributed by atoms with E-state index in [0.29, 0.717) is 35.1 Å². The average Bonchev–Trinajstić information content (AvgIpc) is 3.01. The molecule has 8 heteroatoms. The Hall–Kier alpha value is -2.61. The summed E-state index contributed by atoms with van der Waals surface area (Å²) in [6.07, 6.45) is 6.42. The monoisotopic (exact) mass is 384 g/mol. The van der Waals surface area contributed by atoms with E-state index in [0.717, 1.165) is 12.8 Å². The Bertz CT molecular complexity index is 882. The van der Waals surface area contributed by atoms with E-state index in [1.54, 1.807) is 23.2 Å². The Balaban J connectivity index is 1.53. The van der Waals surface area contributed by atoms with Gasteiger partial charge >= 0.3 is 0 Å².